The highest BCUT2D eigenvalue weighted by Gasteiger charge is 2.57. The second-order valence-electron chi connectivity index (χ2n) is 13.1. The van der Waals surface area contributed by atoms with Crippen molar-refractivity contribution in [3.8, 4) is 11.5 Å². The van der Waals surface area contributed by atoms with Crippen LogP contribution in [0.2, 0.25) is 0 Å². The molecule has 3 fully saturated rings. The van der Waals surface area contributed by atoms with E-state index in [1.807, 2.05) is 33.8 Å². The first-order valence-corrected chi connectivity index (χ1v) is 14.6. The van der Waals surface area contributed by atoms with Gasteiger partial charge < -0.3 is 24.5 Å². The molecule has 1 amide bonds. The fraction of sp³-hybridized carbons (Fsp3) is 0.613. The molecule has 2 aliphatic carbocycles. The largest absolute Gasteiger partial charge is 0.448 e. The number of carbonyl (C=O) groups excluding carboxylic acids is 1. The van der Waals surface area contributed by atoms with Gasteiger partial charge in [-0.3, -0.25) is 14.5 Å². The molecule has 2 N–H and O–H groups in total. The maximum Gasteiger partial charge on any atom is 0.255 e. The zero-order valence-corrected chi connectivity index (χ0v) is 23.7. The normalized spacial score (nSPS) is 29.1. The number of aromatic amines is 1. The SMILES string of the molecule is Cc1cc(C)c(CN2CC3(CC3)c3c(F)c4c(c(C)c3C2=O)O[C@](C)(C2CCC(N3CC(O)C3)CC2)O4)c(=O)[nH]1. The van der Waals surface area contributed by atoms with E-state index in [1.165, 1.54) is 0 Å². The zero-order chi connectivity index (χ0) is 28.1. The number of nitrogens with one attached hydrogen (secondary N) is 1. The number of H-pyrrole nitrogens is 1. The number of β-amino-alcohol motifs (C(OH)–C–C–N with tert-alkyl or cyclic N) is 1. The number of pyridine rings is 1. The highest BCUT2D eigenvalue weighted by Crippen LogP contribution is 2.59. The minimum Gasteiger partial charge on any atom is -0.448 e. The Morgan fingerprint density at radius 1 is 1.07 bits per heavy atom. The van der Waals surface area contributed by atoms with Crippen LogP contribution in [-0.2, 0) is 12.0 Å². The molecule has 9 heteroatoms. The smallest absolute Gasteiger partial charge is 0.255 e. The number of halogens is 1. The van der Waals surface area contributed by atoms with Gasteiger partial charge >= 0.3 is 0 Å². The molecule has 0 unspecified atom stereocenters. The molecular weight excluding hydrogens is 513 g/mol. The third-order valence-corrected chi connectivity index (χ3v) is 10.3. The average molecular weight is 552 g/mol. The van der Waals surface area contributed by atoms with Crippen LogP contribution in [0.15, 0.2) is 10.9 Å². The van der Waals surface area contributed by atoms with Gasteiger partial charge in [0.25, 0.3) is 17.3 Å². The van der Waals surface area contributed by atoms with Gasteiger partial charge in [0.2, 0.25) is 5.75 Å². The summed E-state index contributed by atoms with van der Waals surface area (Å²) in [5.74, 6) is -1.15. The number of aliphatic hydroxyl groups is 1. The second-order valence-corrected chi connectivity index (χ2v) is 13.1. The van der Waals surface area contributed by atoms with E-state index in [0.29, 0.717) is 40.6 Å². The van der Waals surface area contributed by atoms with Crippen LogP contribution in [-0.4, -0.2) is 63.4 Å². The standard InChI is InChI=1S/C31H38FN3O5/c1-16-11-17(2)33-28(37)22(16)14-35-15-31(9-10-31)24-23(29(35)38)18(3)26-27(25(24)32)40-30(4,39-26)19-5-7-20(8-6-19)34-12-21(36)13-34/h11,19-21,36H,5-10,12-15H2,1-4H3,(H,33,37)/t19?,20?,30-/m0/s1. The van der Waals surface area contributed by atoms with Gasteiger partial charge in [0.05, 0.1) is 18.2 Å². The first-order chi connectivity index (χ1) is 19.0. The molecular formula is C31H38FN3O5. The number of ether oxygens (including phenoxy) is 2. The van der Waals surface area contributed by atoms with Gasteiger partial charge in [-0.15, -0.1) is 0 Å². The summed E-state index contributed by atoms with van der Waals surface area (Å²) in [5.41, 5.74) is 2.99. The molecule has 7 rings (SSSR count). The Morgan fingerprint density at radius 3 is 2.38 bits per heavy atom. The first kappa shape index (κ1) is 26.0. The Kier molecular flexibility index (Phi) is 5.72. The topological polar surface area (TPSA) is 95.1 Å². The van der Waals surface area contributed by atoms with E-state index in [2.05, 4.69) is 9.88 Å². The summed E-state index contributed by atoms with van der Waals surface area (Å²) >= 11 is 0. The quantitative estimate of drug-likeness (QED) is 0.600. The van der Waals surface area contributed by atoms with E-state index >= 15 is 4.39 Å². The number of hydrogen-bond acceptors (Lipinski definition) is 6. The van der Waals surface area contributed by atoms with Crippen molar-refractivity contribution in [2.45, 2.75) is 96.1 Å². The Bertz CT molecular complexity index is 1470. The Hall–Kier alpha value is -2.91. The van der Waals surface area contributed by atoms with Crippen molar-refractivity contribution < 1.29 is 23.8 Å². The molecule has 8 nitrogen and oxygen atoms in total. The van der Waals surface area contributed by atoms with Gasteiger partial charge in [-0.2, -0.15) is 0 Å². The highest BCUT2D eigenvalue weighted by molar-refractivity contribution is 6.00. The van der Waals surface area contributed by atoms with Gasteiger partial charge in [-0.05, 0) is 70.9 Å². The second kappa shape index (κ2) is 8.79. The van der Waals surface area contributed by atoms with Gasteiger partial charge in [0, 0.05) is 66.3 Å². The third kappa shape index (κ3) is 3.84. The molecule has 1 aromatic carbocycles. The van der Waals surface area contributed by atoms with Crippen molar-refractivity contribution in [3.05, 3.63) is 55.7 Å². The summed E-state index contributed by atoms with van der Waals surface area (Å²) in [4.78, 5) is 33.6. The number of carbonyl (C=O) groups is 1. The maximum atomic E-state index is 16.4. The van der Waals surface area contributed by atoms with Crippen LogP contribution in [0.4, 0.5) is 4.39 Å². The lowest BCUT2D eigenvalue weighted by molar-refractivity contribution is -0.129. The van der Waals surface area contributed by atoms with Crippen LogP contribution < -0.4 is 15.0 Å². The Balaban J connectivity index is 1.18. The number of nitrogens with zero attached hydrogens (tertiary/aromatic N) is 2. The van der Waals surface area contributed by atoms with Crippen LogP contribution in [0.25, 0.3) is 0 Å². The number of fused-ring (bicyclic) bond motifs is 3. The van der Waals surface area contributed by atoms with E-state index in [4.69, 9.17) is 9.47 Å². The molecule has 1 spiro atoms. The predicted molar refractivity (Wildman–Crippen MR) is 146 cm³/mol. The minimum absolute atomic E-state index is 0.0940. The van der Waals surface area contributed by atoms with Crippen LogP contribution in [0.1, 0.15) is 83.8 Å². The average Bonchev–Trinajstić information content (AvgIpc) is 3.55. The molecule has 1 aromatic heterocycles. The fourth-order valence-electron chi connectivity index (χ4n) is 7.75. The molecule has 0 radical (unpaired) electrons. The molecule has 5 aliphatic rings. The fourth-order valence-corrected chi connectivity index (χ4v) is 7.75. The molecule has 2 aromatic rings. The molecule has 4 heterocycles. The van der Waals surface area contributed by atoms with E-state index in [0.717, 1.165) is 62.9 Å². The van der Waals surface area contributed by atoms with Crippen molar-refractivity contribution in [2.75, 3.05) is 19.6 Å². The monoisotopic (exact) mass is 551 g/mol. The number of likely N-dealkylation sites (tertiary alicyclic amines) is 1. The lowest BCUT2D eigenvalue weighted by Gasteiger charge is -2.46. The third-order valence-electron chi connectivity index (χ3n) is 10.3. The number of aryl methyl sites for hydroxylation is 2. The molecule has 2 saturated carbocycles. The number of aliphatic hydroxyl groups excluding tert-OH is 1. The summed E-state index contributed by atoms with van der Waals surface area (Å²) in [5, 5.41) is 9.68. The number of hydrogen-bond donors (Lipinski definition) is 2. The molecule has 0 bridgehead atoms. The van der Waals surface area contributed by atoms with Gasteiger partial charge in [-0.1, -0.05) is 0 Å². The van der Waals surface area contributed by atoms with Crippen molar-refractivity contribution in [1.29, 1.82) is 0 Å². The zero-order valence-electron chi connectivity index (χ0n) is 23.7. The summed E-state index contributed by atoms with van der Waals surface area (Å²) in [7, 11) is 0. The Labute approximate surface area is 233 Å². The summed E-state index contributed by atoms with van der Waals surface area (Å²) in [6.07, 6.45) is 5.13. The lowest BCUT2D eigenvalue weighted by Crippen LogP contribution is -2.57. The van der Waals surface area contributed by atoms with Crippen molar-refractivity contribution >= 4 is 5.91 Å². The van der Waals surface area contributed by atoms with Crippen molar-refractivity contribution in [2.24, 2.45) is 5.92 Å². The number of benzene rings is 1. The number of amides is 1. The van der Waals surface area contributed by atoms with Crippen molar-refractivity contribution in [3.63, 3.8) is 0 Å². The van der Waals surface area contributed by atoms with E-state index in [9.17, 15) is 14.7 Å². The van der Waals surface area contributed by atoms with Crippen LogP contribution in [0.3, 0.4) is 0 Å². The number of rotatable bonds is 4. The van der Waals surface area contributed by atoms with E-state index < -0.39 is 17.0 Å². The minimum atomic E-state index is -0.997. The molecule has 40 heavy (non-hydrogen) atoms. The maximum absolute atomic E-state index is 16.4. The lowest BCUT2D eigenvalue weighted by atomic mass is 9.80. The van der Waals surface area contributed by atoms with Gasteiger partial charge in [-0.25, -0.2) is 4.39 Å². The van der Waals surface area contributed by atoms with Crippen LogP contribution in [0.5, 0.6) is 11.5 Å². The summed E-state index contributed by atoms with van der Waals surface area (Å²) in [6.45, 7) is 9.51. The van der Waals surface area contributed by atoms with Crippen LogP contribution >= 0.6 is 0 Å². The number of aromatic nitrogens is 1. The molecule has 214 valence electrons. The first-order valence-electron chi connectivity index (χ1n) is 14.6. The van der Waals surface area contributed by atoms with Crippen LogP contribution in [0, 0.1) is 32.5 Å². The molecule has 1 saturated heterocycles. The predicted octanol–water partition coefficient (Wildman–Crippen LogP) is 3.85. The Morgan fingerprint density at radius 2 is 1.75 bits per heavy atom. The molecule has 3 aliphatic heterocycles. The highest BCUT2D eigenvalue weighted by atomic mass is 19.1. The van der Waals surface area contributed by atoms with E-state index in [1.54, 1.807) is 4.90 Å². The van der Waals surface area contributed by atoms with Gasteiger partial charge in [0.15, 0.2) is 11.6 Å². The van der Waals surface area contributed by atoms with Gasteiger partial charge in [0.1, 0.15) is 0 Å². The summed E-state index contributed by atoms with van der Waals surface area (Å²) in [6, 6.07) is 2.37. The molecule has 1 atom stereocenters. The van der Waals surface area contributed by atoms with Crippen molar-refractivity contribution in [1.82, 2.24) is 14.8 Å². The summed E-state index contributed by atoms with van der Waals surface area (Å²) < 4.78 is 29.2. The van der Waals surface area contributed by atoms with E-state index in [-0.39, 0.29) is 35.8 Å².